The van der Waals surface area contributed by atoms with Gasteiger partial charge in [0, 0.05) is 50.8 Å². The first kappa shape index (κ1) is 17.2. The molecule has 5 heteroatoms. The fraction of sp³-hybridized carbons (Fsp3) is 0.684. The average molecular weight is 331 g/mol. The monoisotopic (exact) mass is 331 g/mol. The lowest BCUT2D eigenvalue weighted by atomic mass is 9.95. The number of hydrogen-bond acceptors (Lipinski definition) is 4. The van der Waals surface area contributed by atoms with Crippen LogP contribution in [0.3, 0.4) is 0 Å². The van der Waals surface area contributed by atoms with Crippen molar-refractivity contribution in [3.8, 4) is 0 Å². The average Bonchev–Trinajstić information content (AvgIpc) is 3.09. The Labute approximate surface area is 145 Å². The molecule has 0 aromatic carbocycles. The zero-order valence-electron chi connectivity index (χ0n) is 14.9. The molecule has 1 amide bonds. The van der Waals surface area contributed by atoms with Crippen molar-refractivity contribution in [3.05, 3.63) is 23.9 Å². The topological polar surface area (TPSA) is 45.7 Å². The molecule has 0 unspecified atom stereocenters. The molecule has 24 heavy (non-hydrogen) atoms. The lowest BCUT2D eigenvalue weighted by Crippen LogP contribution is -2.42. The summed E-state index contributed by atoms with van der Waals surface area (Å²) in [6.45, 7) is 9.24. The molecule has 0 radical (unpaired) electrons. The highest BCUT2D eigenvalue weighted by atomic mass is 16.5. The highest BCUT2D eigenvalue weighted by Crippen LogP contribution is 2.26. The summed E-state index contributed by atoms with van der Waals surface area (Å²) in [7, 11) is 0. The minimum absolute atomic E-state index is 0.178. The predicted octanol–water partition coefficient (Wildman–Crippen LogP) is 2.49. The van der Waals surface area contributed by atoms with Gasteiger partial charge in [0.05, 0.1) is 6.61 Å². The largest absolute Gasteiger partial charge is 0.381 e. The second kappa shape index (κ2) is 7.97. The number of likely N-dealkylation sites (tertiary alicyclic amines) is 1. The Morgan fingerprint density at radius 2 is 2.04 bits per heavy atom. The number of piperidine rings is 1. The van der Waals surface area contributed by atoms with E-state index >= 15 is 0 Å². The molecule has 0 bridgehead atoms. The van der Waals surface area contributed by atoms with Crippen LogP contribution >= 0.6 is 0 Å². The van der Waals surface area contributed by atoms with E-state index in [9.17, 15) is 4.79 Å². The molecule has 3 heterocycles. The number of ether oxygens (including phenoxy) is 1. The van der Waals surface area contributed by atoms with Crippen molar-refractivity contribution < 1.29 is 9.53 Å². The number of amides is 1. The minimum atomic E-state index is 0.178. The number of carbonyl (C=O) groups excluding carboxylic acids is 1. The molecule has 1 atom stereocenters. The highest BCUT2D eigenvalue weighted by molar-refractivity contribution is 5.79. The Bertz CT molecular complexity index is 538. The Kier molecular flexibility index (Phi) is 5.72. The SMILES string of the molecule is CCOC[C@H]1CCN(C(=O)C2CCN(c3ccc(C)cn3)CC2)C1. The highest BCUT2D eigenvalue weighted by Gasteiger charge is 2.33. The van der Waals surface area contributed by atoms with E-state index in [-0.39, 0.29) is 5.92 Å². The molecule has 0 spiro atoms. The number of aryl methyl sites for hydroxylation is 1. The summed E-state index contributed by atoms with van der Waals surface area (Å²) < 4.78 is 5.51. The van der Waals surface area contributed by atoms with E-state index in [0.717, 1.165) is 64.5 Å². The van der Waals surface area contributed by atoms with Crippen molar-refractivity contribution in [2.24, 2.45) is 11.8 Å². The van der Waals surface area contributed by atoms with E-state index in [4.69, 9.17) is 4.74 Å². The van der Waals surface area contributed by atoms with Gasteiger partial charge in [-0.05, 0) is 44.7 Å². The van der Waals surface area contributed by atoms with Gasteiger partial charge in [0.2, 0.25) is 5.91 Å². The first-order chi connectivity index (χ1) is 11.7. The van der Waals surface area contributed by atoms with Crippen LogP contribution in [0.5, 0.6) is 0 Å². The number of hydrogen-bond donors (Lipinski definition) is 0. The van der Waals surface area contributed by atoms with Crippen LogP contribution in [0.1, 0.15) is 31.7 Å². The van der Waals surface area contributed by atoms with Gasteiger partial charge in [-0.15, -0.1) is 0 Å². The van der Waals surface area contributed by atoms with Gasteiger partial charge in [0.1, 0.15) is 5.82 Å². The molecule has 2 aliphatic heterocycles. The van der Waals surface area contributed by atoms with Crippen molar-refractivity contribution in [3.63, 3.8) is 0 Å². The molecule has 0 N–H and O–H groups in total. The third-order valence-electron chi connectivity index (χ3n) is 5.22. The molecule has 1 aromatic rings. The number of nitrogens with zero attached hydrogens (tertiary/aromatic N) is 3. The fourth-order valence-corrected chi connectivity index (χ4v) is 3.71. The maximum atomic E-state index is 12.8. The minimum Gasteiger partial charge on any atom is -0.381 e. The van der Waals surface area contributed by atoms with Gasteiger partial charge in [-0.3, -0.25) is 4.79 Å². The van der Waals surface area contributed by atoms with Gasteiger partial charge in [0.15, 0.2) is 0 Å². The number of pyridine rings is 1. The second-order valence-corrected chi connectivity index (χ2v) is 7.05. The lowest BCUT2D eigenvalue weighted by molar-refractivity contribution is -0.135. The maximum Gasteiger partial charge on any atom is 0.225 e. The van der Waals surface area contributed by atoms with Crippen LogP contribution in [-0.4, -0.2) is 55.2 Å². The summed E-state index contributed by atoms with van der Waals surface area (Å²) in [5.41, 5.74) is 1.18. The van der Waals surface area contributed by atoms with Gasteiger partial charge >= 0.3 is 0 Å². The molecule has 0 aliphatic carbocycles. The van der Waals surface area contributed by atoms with E-state index in [0.29, 0.717) is 11.8 Å². The second-order valence-electron chi connectivity index (χ2n) is 7.05. The van der Waals surface area contributed by atoms with Crippen LogP contribution in [0.15, 0.2) is 18.3 Å². The normalized spacial score (nSPS) is 22.2. The van der Waals surface area contributed by atoms with Gasteiger partial charge in [0.25, 0.3) is 0 Å². The Morgan fingerprint density at radius 1 is 1.25 bits per heavy atom. The van der Waals surface area contributed by atoms with Gasteiger partial charge < -0.3 is 14.5 Å². The predicted molar refractivity (Wildman–Crippen MR) is 95.1 cm³/mol. The molecular formula is C19H29N3O2. The smallest absolute Gasteiger partial charge is 0.225 e. The zero-order chi connectivity index (χ0) is 16.9. The Balaban J connectivity index is 1.48. The maximum absolute atomic E-state index is 12.8. The van der Waals surface area contributed by atoms with E-state index in [1.54, 1.807) is 0 Å². The third kappa shape index (κ3) is 4.07. The molecule has 2 saturated heterocycles. The van der Waals surface area contributed by atoms with Gasteiger partial charge in [-0.1, -0.05) is 6.07 Å². The van der Waals surface area contributed by atoms with Crippen LogP contribution in [-0.2, 0) is 9.53 Å². The van der Waals surface area contributed by atoms with Crippen molar-refractivity contribution in [1.29, 1.82) is 0 Å². The fourth-order valence-electron chi connectivity index (χ4n) is 3.71. The van der Waals surface area contributed by atoms with E-state index < -0.39 is 0 Å². The molecule has 2 aliphatic rings. The van der Waals surface area contributed by atoms with Crippen molar-refractivity contribution in [2.45, 2.75) is 33.1 Å². The van der Waals surface area contributed by atoms with Crippen LogP contribution in [0, 0.1) is 18.8 Å². The molecular weight excluding hydrogens is 302 g/mol. The first-order valence-corrected chi connectivity index (χ1v) is 9.21. The summed E-state index contributed by atoms with van der Waals surface area (Å²) in [5.74, 6) is 2.08. The number of anilines is 1. The molecule has 1 aromatic heterocycles. The summed E-state index contributed by atoms with van der Waals surface area (Å²) in [4.78, 5) is 21.6. The third-order valence-corrected chi connectivity index (χ3v) is 5.22. The lowest BCUT2D eigenvalue weighted by Gasteiger charge is -2.34. The quantitative estimate of drug-likeness (QED) is 0.832. The van der Waals surface area contributed by atoms with Crippen molar-refractivity contribution >= 4 is 11.7 Å². The summed E-state index contributed by atoms with van der Waals surface area (Å²) >= 11 is 0. The van der Waals surface area contributed by atoms with Crippen LogP contribution in [0.4, 0.5) is 5.82 Å². The Hall–Kier alpha value is -1.62. The molecule has 5 nitrogen and oxygen atoms in total. The zero-order valence-corrected chi connectivity index (χ0v) is 14.9. The van der Waals surface area contributed by atoms with Crippen LogP contribution in [0.25, 0.3) is 0 Å². The van der Waals surface area contributed by atoms with E-state index in [1.165, 1.54) is 5.56 Å². The molecule has 0 saturated carbocycles. The molecule has 3 rings (SSSR count). The van der Waals surface area contributed by atoms with Gasteiger partial charge in [-0.2, -0.15) is 0 Å². The van der Waals surface area contributed by atoms with Crippen LogP contribution in [0.2, 0.25) is 0 Å². The summed E-state index contributed by atoms with van der Waals surface area (Å²) in [5, 5.41) is 0. The van der Waals surface area contributed by atoms with E-state index in [1.807, 2.05) is 13.1 Å². The van der Waals surface area contributed by atoms with Crippen molar-refractivity contribution in [2.75, 3.05) is 44.3 Å². The standard InChI is InChI=1S/C19H29N3O2/c1-3-24-14-16-6-9-22(13-16)19(23)17-7-10-21(11-8-17)18-5-4-15(2)12-20-18/h4-5,12,16-17H,3,6-11,13-14H2,1-2H3/t16-/m0/s1. The number of rotatable bonds is 5. The van der Waals surface area contributed by atoms with Crippen molar-refractivity contribution in [1.82, 2.24) is 9.88 Å². The number of aromatic nitrogens is 1. The first-order valence-electron chi connectivity index (χ1n) is 9.21. The summed E-state index contributed by atoms with van der Waals surface area (Å²) in [6, 6.07) is 4.18. The van der Waals surface area contributed by atoms with Gasteiger partial charge in [-0.25, -0.2) is 4.98 Å². The Morgan fingerprint density at radius 3 is 2.71 bits per heavy atom. The molecule has 132 valence electrons. The molecule has 2 fully saturated rings. The number of carbonyl (C=O) groups is 1. The summed E-state index contributed by atoms with van der Waals surface area (Å²) in [6.07, 6.45) is 4.86. The van der Waals surface area contributed by atoms with Crippen LogP contribution < -0.4 is 4.90 Å². The van der Waals surface area contributed by atoms with E-state index in [2.05, 4.69) is 33.8 Å².